The summed E-state index contributed by atoms with van der Waals surface area (Å²) in [5.41, 5.74) is 5.21. The molecular formula is C13H17F3N2O2. The number of hydrogen-bond acceptors (Lipinski definition) is 3. The van der Waals surface area contributed by atoms with Crippen LogP contribution in [0.2, 0.25) is 0 Å². The summed E-state index contributed by atoms with van der Waals surface area (Å²) >= 11 is 0. The molecule has 0 saturated heterocycles. The molecule has 0 unspecified atom stereocenters. The molecule has 0 spiro atoms. The molecule has 7 heteroatoms. The van der Waals surface area contributed by atoms with E-state index in [-0.39, 0.29) is 26.1 Å². The maximum Gasteiger partial charge on any atom is 0.406 e. The third-order valence-electron chi connectivity index (χ3n) is 2.45. The van der Waals surface area contributed by atoms with Crippen LogP contribution in [0.5, 0.6) is 5.75 Å². The molecule has 2 N–H and O–H groups in total. The van der Waals surface area contributed by atoms with Gasteiger partial charge in [0.2, 0.25) is 5.91 Å². The maximum absolute atomic E-state index is 12.3. The molecule has 0 bridgehead atoms. The Morgan fingerprint density at radius 3 is 2.45 bits per heavy atom. The van der Waals surface area contributed by atoms with Crippen LogP contribution < -0.4 is 10.5 Å². The van der Waals surface area contributed by atoms with Crippen LogP contribution in [0.15, 0.2) is 30.3 Å². The quantitative estimate of drug-likeness (QED) is 0.833. The van der Waals surface area contributed by atoms with E-state index in [0.29, 0.717) is 10.6 Å². The molecule has 1 amide bonds. The van der Waals surface area contributed by atoms with E-state index < -0.39 is 18.6 Å². The molecule has 20 heavy (non-hydrogen) atoms. The minimum atomic E-state index is -4.43. The van der Waals surface area contributed by atoms with Gasteiger partial charge in [-0.25, -0.2) is 0 Å². The molecule has 0 atom stereocenters. The van der Waals surface area contributed by atoms with Gasteiger partial charge in [0.15, 0.2) is 0 Å². The molecule has 1 aromatic rings. The highest BCUT2D eigenvalue weighted by atomic mass is 19.4. The molecule has 0 saturated carbocycles. The summed E-state index contributed by atoms with van der Waals surface area (Å²) in [4.78, 5) is 12.4. The standard InChI is InChI=1S/C13H17F3N2O2/c14-13(15,16)10-18(8-7-17)12(19)6-9-20-11-4-2-1-3-5-11/h1-5H,6-10,17H2. The number of ether oxygens (including phenoxy) is 1. The number of carbonyl (C=O) groups excluding carboxylic acids is 1. The Balaban J connectivity index is 2.42. The van der Waals surface area contributed by atoms with Crippen molar-refractivity contribution in [1.82, 2.24) is 4.90 Å². The molecule has 0 radical (unpaired) electrons. The number of rotatable bonds is 7. The van der Waals surface area contributed by atoms with Crippen molar-refractivity contribution < 1.29 is 22.7 Å². The van der Waals surface area contributed by atoms with E-state index in [1.165, 1.54) is 0 Å². The topological polar surface area (TPSA) is 55.6 Å². The molecular weight excluding hydrogens is 273 g/mol. The van der Waals surface area contributed by atoms with Gasteiger partial charge in [-0.1, -0.05) is 18.2 Å². The summed E-state index contributed by atoms with van der Waals surface area (Å²) < 4.78 is 42.2. The van der Waals surface area contributed by atoms with Crippen LogP contribution >= 0.6 is 0 Å². The van der Waals surface area contributed by atoms with Crippen molar-refractivity contribution in [3.8, 4) is 5.75 Å². The molecule has 4 nitrogen and oxygen atoms in total. The van der Waals surface area contributed by atoms with E-state index in [4.69, 9.17) is 10.5 Å². The number of nitrogens with two attached hydrogens (primary N) is 1. The normalized spacial score (nSPS) is 11.2. The summed E-state index contributed by atoms with van der Waals surface area (Å²) in [7, 11) is 0. The van der Waals surface area contributed by atoms with Gasteiger partial charge < -0.3 is 15.4 Å². The number of alkyl halides is 3. The lowest BCUT2D eigenvalue weighted by Gasteiger charge is -2.23. The van der Waals surface area contributed by atoms with Gasteiger partial charge in [0.25, 0.3) is 0 Å². The second-order valence-corrected chi connectivity index (χ2v) is 4.13. The van der Waals surface area contributed by atoms with Crippen molar-refractivity contribution in [2.75, 3.05) is 26.2 Å². The molecule has 0 heterocycles. The third-order valence-corrected chi connectivity index (χ3v) is 2.45. The highest BCUT2D eigenvalue weighted by Crippen LogP contribution is 2.17. The highest BCUT2D eigenvalue weighted by molar-refractivity contribution is 5.76. The average molecular weight is 290 g/mol. The van der Waals surface area contributed by atoms with E-state index in [1.54, 1.807) is 24.3 Å². The largest absolute Gasteiger partial charge is 0.493 e. The zero-order valence-electron chi connectivity index (χ0n) is 10.9. The fraction of sp³-hybridized carbons (Fsp3) is 0.462. The molecule has 0 aromatic heterocycles. The number of amides is 1. The third kappa shape index (κ3) is 6.42. The Morgan fingerprint density at radius 2 is 1.90 bits per heavy atom. The van der Waals surface area contributed by atoms with Gasteiger partial charge in [-0.15, -0.1) is 0 Å². The molecule has 0 aliphatic heterocycles. The Morgan fingerprint density at radius 1 is 1.25 bits per heavy atom. The molecule has 0 aliphatic carbocycles. The van der Waals surface area contributed by atoms with Gasteiger partial charge >= 0.3 is 6.18 Å². The molecule has 1 rings (SSSR count). The van der Waals surface area contributed by atoms with Crippen LogP contribution in [0.4, 0.5) is 13.2 Å². The number of para-hydroxylation sites is 1. The molecule has 1 aromatic carbocycles. The SMILES string of the molecule is NCCN(CC(F)(F)F)C(=O)CCOc1ccccc1. The number of carbonyl (C=O) groups is 1. The Hall–Kier alpha value is -1.76. The maximum atomic E-state index is 12.3. The molecule has 0 aliphatic rings. The lowest BCUT2D eigenvalue weighted by molar-refractivity contribution is -0.161. The monoisotopic (exact) mass is 290 g/mol. The van der Waals surface area contributed by atoms with Gasteiger partial charge in [-0.2, -0.15) is 13.2 Å². The van der Waals surface area contributed by atoms with E-state index in [9.17, 15) is 18.0 Å². The molecule has 0 fully saturated rings. The first-order chi connectivity index (χ1) is 9.42. The number of hydrogen-bond donors (Lipinski definition) is 1. The van der Waals surface area contributed by atoms with E-state index in [1.807, 2.05) is 6.07 Å². The second-order valence-electron chi connectivity index (χ2n) is 4.13. The summed E-state index contributed by atoms with van der Waals surface area (Å²) in [6.45, 7) is -1.39. The van der Waals surface area contributed by atoms with Gasteiger partial charge in [-0.05, 0) is 12.1 Å². The van der Waals surface area contributed by atoms with Gasteiger partial charge in [-0.3, -0.25) is 4.79 Å². The van der Waals surface area contributed by atoms with Crippen LogP contribution in [-0.2, 0) is 4.79 Å². The summed E-state index contributed by atoms with van der Waals surface area (Å²) in [5.74, 6) is -0.0507. The van der Waals surface area contributed by atoms with E-state index in [0.717, 1.165) is 0 Å². The minimum absolute atomic E-state index is 0.0125. The first-order valence-corrected chi connectivity index (χ1v) is 6.15. The minimum Gasteiger partial charge on any atom is -0.493 e. The van der Waals surface area contributed by atoms with E-state index in [2.05, 4.69) is 0 Å². The Bertz CT molecular complexity index is 410. The number of halogens is 3. The Kier molecular flexibility index (Phi) is 6.30. The predicted molar refractivity (Wildman–Crippen MR) is 68.2 cm³/mol. The van der Waals surface area contributed by atoms with Crippen LogP contribution in [0.25, 0.3) is 0 Å². The first-order valence-electron chi connectivity index (χ1n) is 6.15. The number of nitrogens with zero attached hydrogens (tertiary/aromatic N) is 1. The fourth-order valence-electron chi connectivity index (χ4n) is 1.60. The highest BCUT2D eigenvalue weighted by Gasteiger charge is 2.32. The summed E-state index contributed by atoms with van der Waals surface area (Å²) in [5, 5.41) is 0. The van der Waals surface area contributed by atoms with Crippen LogP contribution in [0.1, 0.15) is 6.42 Å². The van der Waals surface area contributed by atoms with Crippen molar-refractivity contribution in [2.45, 2.75) is 12.6 Å². The summed E-state index contributed by atoms with van der Waals surface area (Å²) in [6, 6.07) is 8.75. The van der Waals surface area contributed by atoms with Crippen LogP contribution in [0, 0.1) is 0 Å². The molecule has 112 valence electrons. The first kappa shape index (κ1) is 16.3. The fourth-order valence-corrected chi connectivity index (χ4v) is 1.60. The lowest BCUT2D eigenvalue weighted by atomic mass is 10.3. The van der Waals surface area contributed by atoms with Crippen LogP contribution in [0.3, 0.4) is 0 Å². The van der Waals surface area contributed by atoms with Gasteiger partial charge in [0, 0.05) is 13.1 Å². The summed E-state index contributed by atoms with van der Waals surface area (Å²) in [6.07, 6.45) is -4.55. The van der Waals surface area contributed by atoms with Crippen molar-refractivity contribution in [1.29, 1.82) is 0 Å². The van der Waals surface area contributed by atoms with Crippen molar-refractivity contribution >= 4 is 5.91 Å². The van der Waals surface area contributed by atoms with Crippen LogP contribution in [-0.4, -0.2) is 43.2 Å². The van der Waals surface area contributed by atoms with E-state index >= 15 is 0 Å². The van der Waals surface area contributed by atoms with Gasteiger partial charge in [0.05, 0.1) is 13.0 Å². The number of benzene rings is 1. The second kappa shape index (κ2) is 7.74. The van der Waals surface area contributed by atoms with Crippen molar-refractivity contribution in [3.05, 3.63) is 30.3 Å². The smallest absolute Gasteiger partial charge is 0.406 e. The Labute approximate surface area is 115 Å². The van der Waals surface area contributed by atoms with Crippen molar-refractivity contribution in [3.63, 3.8) is 0 Å². The lowest BCUT2D eigenvalue weighted by Crippen LogP contribution is -2.42. The zero-order chi connectivity index (χ0) is 15.0. The zero-order valence-corrected chi connectivity index (χ0v) is 10.9. The van der Waals surface area contributed by atoms with Crippen molar-refractivity contribution in [2.24, 2.45) is 5.73 Å². The predicted octanol–water partition coefficient (Wildman–Crippen LogP) is 1.81. The average Bonchev–Trinajstić information content (AvgIpc) is 2.38. The van der Waals surface area contributed by atoms with Gasteiger partial charge in [0.1, 0.15) is 12.3 Å².